The summed E-state index contributed by atoms with van der Waals surface area (Å²) < 4.78 is 4.60. The summed E-state index contributed by atoms with van der Waals surface area (Å²) in [6.07, 6.45) is 6.06. The van der Waals surface area contributed by atoms with Gasteiger partial charge in [0.2, 0.25) is 0 Å². The third-order valence-corrected chi connectivity index (χ3v) is 4.66. The molecule has 1 saturated carbocycles. The van der Waals surface area contributed by atoms with Crippen molar-refractivity contribution in [2.24, 2.45) is 11.7 Å². The molecular weight excluding hydrogens is 222 g/mol. The lowest BCUT2D eigenvalue weighted by molar-refractivity contribution is -0.142. The summed E-state index contributed by atoms with van der Waals surface area (Å²) in [7, 11) is 1.39. The molecule has 0 aromatic rings. The third-order valence-electron chi connectivity index (χ3n) is 3.25. The van der Waals surface area contributed by atoms with Crippen LogP contribution < -0.4 is 5.73 Å². The summed E-state index contributed by atoms with van der Waals surface area (Å²) in [5.74, 6) is 1.57. The van der Waals surface area contributed by atoms with Gasteiger partial charge < -0.3 is 10.5 Å². The van der Waals surface area contributed by atoms with Gasteiger partial charge in [-0.25, -0.2) is 0 Å². The van der Waals surface area contributed by atoms with Crippen LogP contribution in [0.2, 0.25) is 0 Å². The Morgan fingerprint density at radius 2 is 2.06 bits per heavy atom. The van der Waals surface area contributed by atoms with Gasteiger partial charge in [-0.05, 0) is 43.8 Å². The molecule has 0 heterocycles. The highest BCUT2D eigenvalue weighted by molar-refractivity contribution is 7.99. The number of methoxy groups -OCH3 is 1. The minimum absolute atomic E-state index is 0.294. The van der Waals surface area contributed by atoms with Crippen LogP contribution in [0.1, 0.15) is 39.0 Å². The summed E-state index contributed by atoms with van der Waals surface area (Å²) in [5.41, 5.74) is 5.68. The zero-order chi connectivity index (χ0) is 12.0. The number of thioether (sulfide) groups is 1. The molecule has 2 N–H and O–H groups in total. The topological polar surface area (TPSA) is 52.3 Å². The quantitative estimate of drug-likeness (QED) is 0.754. The normalized spacial score (nSPS) is 27.4. The van der Waals surface area contributed by atoms with Gasteiger partial charge in [0.1, 0.15) is 6.04 Å². The number of carbonyl (C=O) groups excluding carboxylic acids is 1. The zero-order valence-corrected chi connectivity index (χ0v) is 11.1. The van der Waals surface area contributed by atoms with Crippen molar-refractivity contribution in [2.45, 2.75) is 50.3 Å². The van der Waals surface area contributed by atoms with Gasteiger partial charge in [0.25, 0.3) is 0 Å². The van der Waals surface area contributed by atoms with E-state index in [9.17, 15) is 4.79 Å². The van der Waals surface area contributed by atoms with Gasteiger partial charge in [0.15, 0.2) is 0 Å². The Kier molecular flexibility index (Phi) is 6.21. The lowest BCUT2D eigenvalue weighted by atomic mass is 9.91. The van der Waals surface area contributed by atoms with Crippen LogP contribution in [0.25, 0.3) is 0 Å². The molecule has 4 heteroatoms. The number of nitrogens with two attached hydrogens (primary N) is 1. The molecule has 16 heavy (non-hydrogen) atoms. The SMILES string of the molecule is COC(=O)C(N)CCSC1CCC(C)CC1. The van der Waals surface area contributed by atoms with Gasteiger partial charge >= 0.3 is 5.97 Å². The van der Waals surface area contributed by atoms with Gasteiger partial charge in [0, 0.05) is 5.25 Å². The van der Waals surface area contributed by atoms with Crippen molar-refractivity contribution >= 4 is 17.7 Å². The van der Waals surface area contributed by atoms with Gasteiger partial charge in [0.05, 0.1) is 7.11 Å². The van der Waals surface area contributed by atoms with Crippen molar-refractivity contribution in [3.05, 3.63) is 0 Å². The van der Waals surface area contributed by atoms with Crippen LogP contribution in [0.15, 0.2) is 0 Å². The highest BCUT2D eigenvalue weighted by Gasteiger charge is 2.19. The zero-order valence-electron chi connectivity index (χ0n) is 10.3. The molecule has 0 amide bonds. The van der Waals surface area contributed by atoms with Gasteiger partial charge in [-0.3, -0.25) is 4.79 Å². The van der Waals surface area contributed by atoms with Gasteiger partial charge in [-0.1, -0.05) is 6.92 Å². The minimum Gasteiger partial charge on any atom is -0.468 e. The van der Waals surface area contributed by atoms with E-state index in [0.29, 0.717) is 0 Å². The molecule has 1 aliphatic rings. The van der Waals surface area contributed by atoms with E-state index < -0.39 is 6.04 Å². The van der Waals surface area contributed by atoms with Crippen molar-refractivity contribution in [1.29, 1.82) is 0 Å². The maximum Gasteiger partial charge on any atom is 0.322 e. The van der Waals surface area contributed by atoms with Crippen molar-refractivity contribution in [3.8, 4) is 0 Å². The summed E-state index contributed by atoms with van der Waals surface area (Å²) >= 11 is 1.97. The molecule has 1 fully saturated rings. The molecule has 1 aliphatic carbocycles. The molecule has 0 bridgehead atoms. The van der Waals surface area contributed by atoms with E-state index in [2.05, 4.69) is 11.7 Å². The predicted molar refractivity (Wildman–Crippen MR) is 68.5 cm³/mol. The smallest absolute Gasteiger partial charge is 0.322 e. The average molecular weight is 245 g/mol. The Morgan fingerprint density at radius 1 is 1.44 bits per heavy atom. The summed E-state index contributed by atoms with van der Waals surface area (Å²) in [5, 5.41) is 0.779. The Morgan fingerprint density at radius 3 is 2.62 bits per heavy atom. The maximum absolute atomic E-state index is 11.1. The first kappa shape index (κ1) is 13.8. The molecule has 0 aliphatic heterocycles. The highest BCUT2D eigenvalue weighted by Crippen LogP contribution is 2.31. The van der Waals surface area contributed by atoms with Crippen molar-refractivity contribution in [2.75, 3.05) is 12.9 Å². The molecule has 94 valence electrons. The lowest BCUT2D eigenvalue weighted by Gasteiger charge is -2.25. The molecule has 0 aromatic heterocycles. The third kappa shape index (κ3) is 4.74. The van der Waals surface area contributed by atoms with E-state index in [1.165, 1.54) is 32.8 Å². The van der Waals surface area contributed by atoms with E-state index in [-0.39, 0.29) is 5.97 Å². The molecule has 1 rings (SSSR count). The second kappa shape index (κ2) is 7.17. The van der Waals surface area contributed by atoms with Crippen molar-refractivity contribution in [1.82, 2.24) is 0 Å². The maximum atomic E-state index is 11.1. The van der Waals surface area contributed by atoms with Crippen LogP contribution in [0.4, 0.5) is 0 Å². The number of carbonyl (C=O) groups is 1. The Hall–Kier alpha value is -0.220. The second-order valence-corrected chi connectivity index (χ2v) is 6.08. The van der Waals surface area contributed by atoms with Crippen LogP contribution in [0.3, 0.4) is 0 Å². The van der Waals surface area contributed by atoms with Gasteiger partial charge in [-0.2, -0.15) is 11.8 Å². The molecule has 0 saturated heterocycles. The predicted octanol–water partition coefficient (Wildman–Crippen LogP) is 2.19. The van der Waals surface area contributed by atoms with Crippen LogP contribution >= 0.6 is 11.8 Å². The first-order valence-electron chi connectivity index (χ1n) is 6.08. The molecule has 1 atom stereocenters. The molecule has 0 spiro atoms. The fraction of sp³-hybridized carbons (Fsp3) is 0.917. The second-order valence-electron chi connectivity index (χ2n) is 4.67. The lowest BCUT2D eigenvalue weighted by Crippen LogP contribution is -2.32. The molecular formula is C12H23NO2S. The largest absolute Gasteiger partial charge is 0.468 e. The number of ether oxygens (including phenoxy) is 1. The van der Waals surface area contributed by atoms with E-state index >= 15 is 0 Å². The minimum atomic E-state index is -0.444. The van der Waals surface area contributed by atoms with Gasteiger partial charge in [-0.15, -0.1) is 0 Å². The number of hydrogen-bond donors (Lipinski definition) is 1. The Bertz CT molecular complexity index is 215. The van der Waals surface area contributed by atoms with Crippen LogP contribution in [-0.2, 0) is 9.53 Å². The summed E-state index contributed by atoms with van der Waals surface area (Å²) in [4.78, 5) is 11.1. The van der Waals surface area contributed by atoms with Crippen molar-refractivity contribution in [3.63, 3.8) is 0 Å². The van der Waals surface area contributed by atoms with E-state index in [1.807, 2.05) is 11.8 Å². The fourth-order valence-corrected chi connectivity index (χ4v) is 3.36. The van der Waals surface area contributed by atoms with Crippen LogP contribution in [0.5, 0.6) is 0 Å². The van der Waals surface area contributed by atoms with Crippen LogP contribution in [0, 0.1) is 5.92 Å². The first-order valence-corrected chi connectivity index (χ1v) is 7.13. The van der Waals surface area contributed by atoms with E-state index in [4.69, 9.17) is 5.73 Å². The van der Waals surface area contributed by atoms with Crippen molar-refractivity contribution < 1.29 is 9.53 Å². The summed E-state index contributed by atoms with van der Waals surface area (Å²) in [6, 6.07) is -0.444. The number of hydrogen-bond acceptors (Lipinski definition) is 4. The first-order chi connectivity index (χ1) is 7.63. The monoisotopic (exact) mass is 245 g/mol. The number of esters is 1. The van der Waals surface area contributed by atoms with E-state index in [0.717, 1.165) is 23.3 Å². The average Bonchev–Trinajstić information content (AvgIpc) is 2.30. The summed E-state index contributed by atoms with van der Waals surface area (Å²) in [6.45, 7) is 2.33. The van der Waals surface area contributed by atoms with E-state index in [1.54, 1.807) is 0 Å². The van der Waals surface area contributed by atoms with Crippen LogP contribution in [-0.4, -0.2) is 30.1 Å². The standard InChI is InChI=1S/C12H23NO2S/c1-9-3-5-10(6-4-9)16-8-7-11(13)12(14)15-2/h9-11H,3-8,13H2,1-2H3. The Balaban J connectivity index is 2.09. The highest BCUT2D eigenvalue weighted by atomic mass is 32.2. The molecule has 0 aromatic carbocycles. The number of rotatable bonds is 5. The molecule has 3 nitrogen and oxygen atoms in total. The molecule has 0 radical (unpaired) electrons. The molecule has 1 unspecified atom stereocenters. The fourth-order valence-electron chi connectivity index (χ4n) is 2.03. The Labute approximate surface area is 102 Å².